The standard InChI is InChI=1S/C16H23N3OS/c1-2-8-18-16(21)20-12-11-19-10-4-3-7-15(19)14-6-5-9-17-13-14/h2,5-6,9,13,15H,1,3-4,7-8,10-12H2,(H,18,21)/t15-/m0/s1. The second-order valence-electron chi connectivity index (χ2n) is 5.14. The minimum Gasteiger partial charge on any atom is -0.470 e. The maximum absolute atomic E-state index is 5.55. The number of pyridine rings is 1. The molecule has 21 heavy (non-hydrogen) atoms. The van der Waals surface area contributed by atoms with Crippen LogP contribution in [0.5, 0.6) is 0 Å². The monoisotopic (exact) mass is 305 g/mol. The van der Waals surface area contributed by atoms with E-state index in [2.05, 4.69) is 27.8 Å². The van der Waals surface area contributed by atoms with Crippen LogP contribution in [0, 0.1) is 0 Å². The van der Waals surface area contributed by atoms with Gasteiger partial charge >= 0.3 is 0 Å². The summed E-state index contributed by atoms with van der Waals surface area (Å²) in [5, 5.41) is 3.42. The number of piperidine rings is 1. The zero-order valence-corrected chi connectivity index (χ0v) is 13.1. The van der Waals surface area contributed by atoms with Gasteiger partial charge in [0.2, 0.25) is 0 Å². The van der Waals surface area contributed by atoms with E-state index < -0.39 is 0 Å². The molecule has 4 nitrogen and oxygen atoms in total. The van der Waals surface area contributed by atoms with Crippen LogP contribution in [-0.4, -0.2) is 41.3 Å². The van der Waals surface area contributed by atoms with E-state index in [1.54, 1.807) is 6.08 Å². The van der Waals surface area contributed by atoms with Crippen molar-refractivity contribution >= 4 is 17.4 Å². The molecule has 0 amide bonds. The van der Waals surface area contributed by atoms with Crippen LogP contribution >= 0.6 is 12.2 Å². The van der Waals surface area contributed by atoms with E-state index >= 15 is 0 Å². The van der Waals surface area contributed by atoms with Gasteiger partial charge in [0.15, 0.2) is 0 Å². The Morgan fingerprint density at radius 3 is 3.24 bits per heavy atom. The first-order chi connectivity index (χ1) is 10.3. The van der Waals surface area contributed by atoms with Crippen molar-refractivity contribution < 1.29 is 4.74 Å². The lowest BCUT2D eigenvalue weighted by Gasteiger charge is -2.35. The molecular formula is C16H23N3OS. The summed E-state index contributed by atoms with van der Waals surface area (Å²) in [5.74, 6) is 0. The molecular weight excluding hydrogens is 282 g/mol. The molecule has 0 aromatic carbocycles. The Balaban J connectivity index is 1.82. The molecule has 1 aliphatic rings. The van der Waals surface area contributed by atoms with Crippen molar-refractivity contribution in [2.75, 3.05) is 26.2 Å². The van der Waals surface area contributed by atoms with Crippen molar-refractivity contribution in [2.45, 2.75) is 25.3 Å². The molecule has 5 heteroatoms. The molecule has 2 heterocycles. The Morgan fingerprint density at radius 1 is 1.57 bits per heavy atom. The summed E-state index contributed by atoms with van der Waals surface area (Å²) < 4.78 is 5.55. The van der Waals surface area contributed by atoms with Crippen molar-refractivity contribution in [3.05, 3.63) is 42.7 Å². The van der Waals surface area contributed by atoms with Crippen molar-refractivity contribution in [1.29, 1.82) is 0 Å². The van der Waals surface area contributed by atoms with Gasteiger partial charge in [-0.1, -0.05) is 18.6 Å². The van der Waals surface area contributed by atoms with E-state index in [1.165, 1.54) is 24.8 Å². The average molecular weight is 305 g/mol. The predicted molar refractivity (Wildman–Crippen MR) is 89.2 cm³/mol. The summed E-state index contributed by atoms with van der Waals surface area (Å²) in [5.41, 5.74) is 1.30. The molecule has 114 valence electrons. The van der Waals surface area contributed by atoms with Crippen molar-refractivity contribution in [1.82, 2.24) is 15.2 Å². The zero-order valence-electron chi connectivity index (χ0n) is 12.3. The number of hydrogen-bond donors (Lipinski definition) is 1. The molecule has 1 aromatic rings. The van der Waals surface area contributed by atoms with Gasteiger partial charge in [0, 0.05) is 31.5 Å². The first kappa shape index (κ1) is 15.9. The van der Waals surface area contributed by atoms with Crippen molar-refractivity contribution in [3.8, 4) is 0 Å². The van der Waals surface area contributed by atoms with Crippen LogP contribution in [0.15, 0.2) is 37.2 Å². The molecule has 0 bridgehead atoms. The smallest absolute Gasteiger partial charge is 0.256 e. The highest BCUT2D eigenvalue weighted by atomic mass is 32.1. The van der Waals surface area contributed by atoms with Crippen LogP contribution in [0.1, 0.15) is 30.9 Å². The second-order valence-corrected chi connectivity index (χ2v) is 5.51. The molecule has 1 fully saturated rings. The highest BCUT2D eigenvalue weighted by molar-refractivity contribution is 7.80. The summed E-state index contributed by atoms with van der Waals surface area (Å²) in [6.07, 6.45) is 9.26. The number of hydrogen-bond acceptors (Lipinski definition) is 4. The predicted octanol–water partition coefficient (Wildman–Crippen LogP) is 2.69. The Morgan fingerprint density at radius 2 is 2.48 bits per heavy atom. The van der Waals surface area contributed by atoms with E-state index in [-0.39, 0.29) is 0 Å². The minimum atomic E-state index is 0.449. The first-order valence-corrected chi connectivity index (χ1v) is 7.87. The van der Waals surface area contributed by atoms with Gasteiger partial charge in [-0.3, -0.25) is 9.88 Å². The van der Waals surface area contributed by atoms with Gasteiger partial charge in [0.25, 0.3) is 5.17 Å². The number of rotatable bonds is 6. The number of thiocarbonyl (C=S) groups is 1. The molecule has 0 unspecified atom stereocenters. The van der Waals surface area contributed by atoms with Crippen molar-refractivity contribution in [2.24, 2.45) is 0 Å². The zero-order chi connectivity index (χ0) is 14.9. The lowest BCUT2D eigenvalue weighted by molar-refractivity contribution is 0.120. The highest BCUT2D eigenvalue weighted by Crippen LogP contribution is 2.29. The molecule has 0 spiro atoms. The van der Waals surface area contributed by atoms with E-state index in [1.807, 2.05) is 18.5 Å². The number of aromatic nitrogens is 1. The Kier molecular flexibility index (Phi) is 6.63. The maximum atomic E-state index is 5.55. The summed E-state index contributed by atoms with van der Waals surface area (Å²) in [7, 11) is 0. The van der Waals surface area contributed by atoms with Crippen LogP contribution in [0.4, 0.5) is 0 Å². The maximum Gasteiger partial charge on any atom is 0.256 e. The molecule has 1 N–H and O–H groups in total. The number of nitrogens with zero attached hydrogens (tertiary/aromatic N) is 2. The van der Waals surface area contributed by atoms with E-state index in [9.17, 15) is 0 Å². The molecule has 0 aliphatic carbocycles. The van der Waals surface area contributed by atoms with Gasteiger partial charge in [0.05, 0.1) is 0 Å². The number of nitrogens with one attached hydrogen (secondary N) is 1. The minimum absolute atomic E-state index is 0.449. The Hall–Kier alpha value is -1.46. The lowest BCUT2D eigenvalue weighted by Crippen LogP contribution is -2.37. The summed E-state index contributed by atoms with van der Waals surface area (Å²) in [4.78, 5) is 6.71. The van der Waals surface area contributed by atoms with Gasteiger partial charge < -0.3 is 10.1 Å². The van der Waals surface area contributed by atoms with E-state index in [4.69, 9.17) is 17.0 Å². The second kappa shape index (κ2) is 8.74. The fourth-order valence-corrected chi connectivity index (χ4v) is 2.84. The average Bonchev–Trinajstić information content (AvgIpc) is 2.54. The lowest BCUT2D eigenvalue weighted by atomic mass is 9.96. The topological polar surface area (TPSA) is 37.4 Å². The Labute approximate surface area is 132 Å². The molecule has 1 saturated heterocycles. The van der Waals surface area contributed by atoms with Crippen LogP contribution < -0.4 is 5.32 Å². The normalized spacial score (nSPS) is 19.0. The summed E-state index contributed by atoms with van der Waals surface area (Å²) >= 11 is 5.10. The van der Waals surface area contributed by atoms with Crippen LogP contribution in [-0.2, 0) is 4.74 Å². The van der Waals surface area contributed by atoms with Crippen molar-refractivity contribution in [3.63, 3.8) is 0 Å². The van der Waals surface area contributed by atoms with Gasteiger partial charge in [0.1, 0.15) is 6.61 Å². The number of likely N-dealkylation sites (tertiary alicyclic amines) is 1. The van der Waals surface area contributed by atoms with Gasteiger partial charge in [-0.2, -0.15) is 0 Å². The molecule has 1 atom stereocenters. The summed E-state index contributed by atoms with van der Waals surface area (Å²) in [6.45, 7) is 6.88. The van der Waals surface area contributed by atoms with Gasteiger partial charge in [-0.25, -0.2) is 0 Å². The molecule has 1 aromatic heterocycles. The third kappa shape index (κ3) is 5.10. The Bertz CT molecular complexity index is 452. The molecule has 2 rings (SSSR count). The number of ether oxygens (including phenoxy) is 1. The van der Waals surface area contributed by atoms with Crippen LogP contribution in [0.3, 0.4) is 0 Å². The third-order valence-electron chi connectivity index (χ3n) is 3.69. The summed E-state index contributed by atoms with van der Waals surface area (Å²) in [6, 6.07) is 4.62. The van der Waals surface area contributed by atoms with E-state index in [0.717, 1.165) is 13.1 Å². The molecule has 1 aliphatic heterocycles. The molecule has 0 saturated carbocycles. The first-order valence-electron chi connectivity index (χ1n) is 7.46. The van der Waals surface area contributed by atoms with E-state index in [0.29, 0.717) is 24.4 Å². The largest absolute Gasteiger partial charge is 0.470 e. The fraction of sp³-hybridized carbons (Fsp3) is 0.500. The van der Waals surface area contributed by atoms with Crippen LogP contribution in [0.25, 0.3) is 0 Å². The third-order valence-corrected chi connectivity index (χ3v) is 3.95. The van der Waals surface area contributed by atoms with Crippen LogP contribution in [0.2, 0.25) is 0 Å². The highest BCUT2D eigenvalue weighted by Gasteiger charge is 2.23. The SMILES string of the molecule is C=CCNC(=S)OCCN1CCCC[C@H]1c1cccnc1. The quantitative estimate of drug-likeness (QED) is 0.646. The fourth-order valence-electron chi connectivity index (χ4n) is 2.67. The van der Waals surface area contributed by atoms with Gasteiger partial charge in [-0.15, -0.1) is 6.58 Å². The molecule has 0 radical (unpaired) electrons. The van der Waals surface area contributed by atoms with Gasteiger partial charge in [-0.05, 0) is 43.2 Å².